The quantitative estimate of drug-likeness (QED) is 0.575. The molecule has 2 N–H and O–H groups in total. The lowest BCUT2D eigenvalue weighted by Crippen LogP contribution is -2.44. The van der Waals surface area contributed by atoms with Crippen molar-refractivity contribution in [2.24, 2.45) is 0 Å². The van der Waals surface area contributed by atoms with Crippen molar-refractivity contribution in [3.8, 4) is 11.5 Å². The summed E-state index contributed by atoms with van der Waals surface area (Å²) >= 11 is 1.00. The van der Waals surface area contributed by atoms with E-state index in [1.807, 2.05) is 6.92 Å². The van der Waals surface area contributed by atoms with Crippen molar-refractivity contribution >= 4 is 33.2 Å². The highest BCUT2D eigenvalue weighted by molar-refractivity contribution is 7.89. The number of carbonyl (C=O) groups is 2. The first-order valence-electron chi connectivity index (χ1n) is 9.95. The van der Waals surface area contributed by atoms with Crippen LogP contribution in [-0.2, 0) is 14.8 Å². The fourth-order valence-electron chi connectivity index (χ4n) is 3.12. The van der Waals surface area contributed by atoms with Crippen LogP contribution >= 0.6 is 11.3 Å². The van der Waals surface area contributed by atoms with Gasteiger partial charge in [-0.1, -0.05) is 18.6 Å². The Labute approximate surface area is 185 Å². The minimum Gasteiger partial charge on any atom is -0.490 e. The van der Waals surface area contributed by atoms with Crippen LogP contribution in [0.4, 0.5) is 0 Å². The van der Waals surface area contributed by atoms with Crippen LogP contribution in [-0.4, -0.2) is 50.8 Å². The topological polar surface area (TPSA) is 114 Å². The van der Waals surface area contributed by atoms with Crippen LogP contribution < -0.4 is 20.3 Å². The maximum atomic E-state index is 12.9. The number of benzene rings is 1. The van der Waals surface area contributed by atoms with E-state index in [2.05, 4.69) is 10.9 Å². The van der Waals surface area contributed by atoms with Crippen LogP contribution in [0.3, 0.4) is 0 Å². The molecule has 0 radical (unpaired) electrons. The number of sulfonamides is 1. The number of piperidine rings is 1. The second-order valence-electron chi connectivity index (χ2n) is 6.75. The second-order valence-corrected chi connectivity index (χ2v) is 9.57. The van der Waals surface area contributed by atoms with E-state index in [0.29, 0.717) is 31.2 Å². The van der Waals surface area contributed by atoms with Crippen LogP contribution in [0.25, 0.3) is 0 Å². The van der Waals surface area contributed by atoms with Gasteiger partial charge in [0, 0.05) is 13.1 Å². The maximum Gasteiger partial charge on any atom is 0.281 e. The summed E-state index contributed by atoms with van der Waals surface area (Å²) in [6.07, 6.45) is 2.59. The Morgan fingerprint density at radius 1 is 1.03 bits per heavy atom. The minimum absolute atomic E-state index is 0.0217. The van der Waals surface area contributed by atoms with Crippen molar-refractivity contribution in [2.75, 3.05) is 26.3 Å². The number of hydrogen-bond donors (Lipinski definition) is 2. The number of hydrazine groups is 1. The van der Waals surface area contributed by atoms with Gasteiger partial charge in [0.1, 0.15) is 9.77 Å². The van der Waals surface area contributed by atoms with E-state index in [4.69, 9.17) is 9.47 Å². The molecule has 3 rings (SSSR count). The standard InChI is InChI=1S/C20H25N3O6S2/c1-2-28-15-8-4-5-9-16(15)29-14-18(24)21-22-20(25)19-17(10-13-30-19)31(26,27)23-11-6-3-7-12-23/h4-5,8-10,13H,2-3,6-7,11-12,14H2,1H3,(H,21,24)(H,22,25). The van der Waals surface area contributed by atoms with Gasteiger partial charge in [0.05, 0.1) is 6.61 Å². The summed E-state index contributed by atoms with van der Waals surface area (Å²) in [5.74, 6) is -0.391. The van der Waals surface area contributed by atoms with Crippen LogP contribution in [0.5, 0.6) is 11.5 Å². The number of ether oxygens (including phenoxy) is 2. The number of carbonyl (C=O) groups excluding carboxylic acids is 2. The normalized spacial score (nSPS) is 14.6. The minimum atomic E-state index is -3.76. The van der Waals surface area contributed by atoms with E-state index in [1.54, 1.807) is 29.6 Å². The first kappa shape index (κ1) is 23.0. The summed E-state index contributed by atoms with van der Waals surface area (Å²) in [7, 11) is -3.76. The summed E-state index contributed by atoms with van der Waals surface area (Å²) in [5, 5.41) is 1.54. The molecule has 2 amide bonds. The third kappa shape index (κ3) is 5.75. The molecule has 1 saturated heterocycles. The molecule has 168 valence electrons. The highest BCUT2D eigenvalue weighted by Gasteiger charge is 2.31. The van der Waals surface area contributed by atoms with Crippen molar-refractivity contribution in [3.05, 3.63) is 40.6 Å². The zero-order valence-corrected chi connectivity index (χ0v) is 18.8. The monoisotopic (exact) mass is 467 g/mol. The number of hydrogen-bond acceptors (Lipinski definition) is 7. The van der Waals surface area contributed by atoms with Crippen molar-refractivity contribution in [1.82, 2.24) is 15.2 Å². The van der Waals surface area contributed by atoms with Gasteiger partial charge in [-0.05, 0) is 43.3 Å². The Hall–Kier alpha value is -2.63. The van der Waals surface area contributed by atoms with E-state index in [-0.39, 0.29) is 16.4 Å². The van der Waals surface area contributed by atoms with Crippen LogP contribution in [0.1, 0.15) is 35.9 Å². The Morgan fingerprint density at radius 3 is 2.39 bits per heavy atom. The van der Waals surface area contributed by atoms with Gasteiger partial charge in [-0.25, -0.2) is 8.42 Å². The van der Waals surface area contributed by atoms with Gasteiger partial charge in [-0.2, -0.15) is 4.31 Å². The van der Waals surface area contributed by atoms with Gasteiger partial charge in [-0.3, -0.25) is 20.4 Å². The lowest BCUT2D eigenvalue weighted by Gasteiger charge is -2.25. The summed E-state index contributed by atoms with van der Waals surface area (Å²) in [6.45, 7) is 2.82. The molecular formula is C20H25N3O6S2. The van der Waals surface area contributed by atoms with Crippen LogP contribution in [0, 0.1) is 0 Å². The highest BCUT2D eigenvalue weighted by atomic mass is 32.2. The molecule has 1 aliphatic rings. The molecule has 1 aliphatic heterocycles. The third-order valence-electron chi connectivity index (χ3n) is 4.59. The maximum absolute atomic E-state index is 12.9. The molecule has 11 heteroatoms. The van der Waals surface area contributed by atoms with Crippen molar-refractivity contribution in [2.45, 2.75) is 31.1 Å². The molecule has 0 saturated carbocycles. The van der Waals surface area contributed by atoms with Crippen LogP contribution in [0.2, 0.25) is 0 Å². The second kappa shape index (κ2) is 10.6. The first-order valence-corrected chi connectivity index (χ1v) is 12.3. The summed E-state index contributed by atoms with van der Waals surface area (Å²) in [6, 6.07) is 8.34. The fourth-order valence-corrected chi connectivity index (χ4v) is 5.93. The van der Waals surface area contributed by atoms with E-state index >= 15 is 0 Å². The largest absolute Gasteiger partial charge is 0.490 e. The molecule has 9 nitrogen and oxygen atoms in total. The average Bonchev–Trinajstić information content (AvgIpc) is 3.29. The predicted octanol–water partition coefficient (Wildman–Crippen LogP) is 2.16. The molecule has 31 heavy (non-hydrogen) atoms. The van der Waals surface area contributed by atoms with Gasteiger partial charge in [0.15, 0.2) is 18.1 Å². The van der Waals surface area contributed by atoms with E-state index in [9.17, 15) is 18.0 Å². The average molecular weight is 468 g/mol. The van der Waals surface area contributed by atoms with E-state index < -0.39 is 21.8 Å². The molecule has 0 aliphatic carbocycles. The van der Waals surface area contributed by atoms with Gasteiger partial charge in [-0.15, -0.1) is 11.3 Å². The van der Waals surface area contributed by atoms with E-state index in [1.165, 1.54) is 10.4 Å². The summed E-state index contributed by atoms with van der Waals surface area (Å²) in [5.41, 5.74) is 4.50. The number of para-hydroxylation sites is 2. The smallest absolute Gasteiger partial charge is 0.281 e. The predicted molar refractivity (Wildman–Crippen MR) is 116 cm³/mol. The first-order chi connectivity index (χ1) is 14.9. The highest BCUT2D eigenvalue weighted by Crippen LogP contribution is 2.27. The van der Waals surface area contributed by atoms with Gasteiger partial charge < -0.3 is 9.47 Å². The molecule has 0 spiro atoms. The number of thiophene rings is 1. The van der Waals surface area contributed by atoms with Crippen LogP contribution in [0.15, 0.2) is 40.6 Å². The lowest BCUT2D eigenvalue weighted by atomic mass is 10.2. The van der Waals surface area contributed by atoms with Crippen molar-refractivity contribution in [3.63, 3.8) is 0 Å². The number of nitrogens with zero attached hydrogens (tertiary/aromatic N) is 1. The number of amides is 2. The molecule has 0 bridgehead atoms. The molecule has 2 aromatic rings. The van der Waals surface area contributed by atoms with Gasteiger partial charge in [0.2, 0.25) is 10.0 Å². The number of nitrogens with one attached hydrogen (secondary N) is 2. The van der Waals surface area contributed by atoms with Crippen molar-refractivity contribution < 1.29 is 27.5 Å². The van der Waals surface area contributed by atoms with E-state index in [0.717, 1.165) is 30.6 Å². The molecule has 1 fully saturated rings. The summed E-state index contributed by atoms with van der Waals surface area (Å²) < 4.78 is 38.0. The Kier molecular flexibility index (Phi) is 7.88. The SMILES string of the molecule is CCOc1ccccc1OCC(=O)NNC(=O)c1sccc1S(=O)(=O)N1CCCCC1. The molecule has 2 heterocycles. The molecular weight excluding hydrogens is 442 g/mol. The Balaban J connectivity index is 1.57. The molecule has 1 aromatic heterocycles. The summed E-state index contributed by atoms with van der Waals surface area (Å²) in [4.78, 5) is 24.6. The zero-order chi connectivity index (χ0) is 22.3. The van der Waals surface area contributed by atoms with Gasteiger partial charge >= 0.3 is 0 Å². The fraction of sp³-hybridized carbons (Fsp3) is 0.400. The molecule has 0 unspecified atom stereocenters. The Bertz CT molecular complexity index is 1020. The third-order valence-corrected chi connectivity index (χ3v) is 7.57. The number of rotatable bonds is 8. The Morgan fingerprint density at radius 2 is 1.71 bits per heavy atom. The lowest BCUT2D eigenvalue weighted by molar-refractivity contribution is -0.123. The zero-order valence-electron chi connectivity index (χ0n) is 17.1. The van der Waals surface area contributed by atoms with Gasteiger partial charge in [0.25, 0.3) is 11.8 Å². The molecule has 0 atom stereocenters. The molecule has 1 aromatic carbocycles. The van der Waals surface area contributed by atoms with Crippen molar-refractivity contribution in [1.29, 1.82) is 0 Å².